The molecular formula is C21H34N2O3. The molecule has 0 unspecified atom stereocenters. The average Bonchev–Trinajstić information content (AvgIpc) is 2.63. The Balaban J connectivity index is 1.70. The summed E-state index contributed by atoms with van der Waals surface area (Å²) in [5.41, 5.74) is 2.14. The summed E-state index contributed by atoms with van der Waals surface area (Å²) < 4.78 is 5.79. The molecule has 2 aliphatic rings. The van der Waals surface area contributed by atoms with Crippen LogP contribution in [0.1, 0.15) is 44.2 Å². The van der Waals surface area contributed by atoms with E-state index in [0.717, 1.165) is 50.3 Å². The average molecular weight is 363 g/mol. The molecule has 0 aliphatic carbocycles. The second-order valence-electron chi connectivity index (χ2n) is 8.37. The van der Waals surface area contributed by atoms with Crippen LogP contribution in [0.3, 0.4) is 0 Å². The molecule has 5 nitrogen and oxygen atoms in total. The lowest BCUT2D eigenvalue weighted by Crippen LogP contribution is -2.61. The Bertz CT molecular complexity index is 607. The van der Waals surface area contributed by atoms with E-state index in [2.05, 4.69) is 29.0 Å². The third kappa shape index (κ3) is 4.06. The van der Waals surface area contributed by atoms with Crippen molar-refractivity contribution in [2.75, 3.05) is 33.3 Å². The summed E-state index contributed by atoms with van der Waals surface area (Å²) in [5.74, 6) is 0.774. The number of likely N-dealkylation sites (tertiary alicyclic amines) is 2. The molecule has 2 fully saturated rings. The van der Waals surface area contributed by atoms with Gasteiger partial charge in [0.25, 0.3) is 0 Å². The van der Waals surface area contributed by atoms with Crippen LogP contribution in [0.4, 0.5) is 0 Å². The van der Waals surface area contributed by atoms with Crippen LogP contribution < -0.4 is 4.74 Å². The number of hydrogen-bond acceptors (Lipinski definition) is 5. The van der Waals surface area contributed by atoms with E-state index < -0.39 is 0 Å². The lowest BCUT2D eigenvalue weighted by Gasteiger charge is -2.53. The number of ether oxygens (including phenoxy) is 1. The van der Waals surface area contributed by atoms with Crippen molar-refractivity contribution < 1.29 is 14.9 Å². The minimum absolute atomic E-state index is 0.00508. The summed E-state index contributed by atoms with van der Waals surface area (Å²) >= 11 is 0. The highest BCUT2D eigenvalue weighted by molar-refractivity contribution is 5.37. The zero-order valence-electron chi connectivity index (χ0n) is 16.4. The van der Waals surface area contributed by atoms with Crippen LogP contribution in [0.2, 0.25) is 0 Å². The maximum Gasteiger partial charge on any atom is 0.125 e. The van der Waals surface area contributed by atoms with E-state index in [1.54, 1.807) is 0 Å². The zero-order valence-corrected chi connectivity index (χ0v) is 16.4. The molecule has 3 rings (SSSR count). The largest absolute Gasteiger partial charge is 0.491 e. The molecule has 146 valence electrons. The fourth-order valence-corrected chi connectivity index (χ4v) is 4.70. The number of aliphatic hydroxyl groups is 2. The molecule has 5 heteroatoms. The molecule has 1 aromatic rings. The number of hydrogen-bond donors (Lipinski definition) is 2. The quantitative estimate of drug-likeness (QED) is 0.813. The van der Waals surface area contributed by atoms with Crippen molar-refractivity contribution in [1.29, 1.82) is 0 Å². The summed E-state index contributed by atoms with van der Waals surface area (Å²) in [7, 11) is 2.19. The maximum atomic E-state index is 10.1. The number of fused-ring (bicyclic) bond motifs is 1. The van der Waals surface area contributed by atoms with Crippen LogP contribution in [-0.2, 0) is 13.2 Å². The highest BCUT2D eigenvalue weighted by Gasteiger charge is 2.46. The molecule has 2 heterocycles. The first kappa shape index (κ1) is 19.6. The minimum Gasteiger partial charge on any atom is -0.491 e. The molecule has 0 radical (unpaired) electrons. The van der Waals surface area contributed by atoms with Gasteiger partial charge in [-0.2, -0.15) is 0 Å². The molecule has 2 aliphatic heterocycles. The van der Waals surface area contributed by atoms with Gasteiger partial charge in [-0.3, -0.25) is 4.90 Å². The van der Waals surface area contributed by atoms with E-state index in [1.165, 1.54) is 12.0 Å². The third-order valence-electron chi connectivity index (χ3n) is 6.16. The standard InChI is InChI=1S/C21H34N2O3/c1-16(2)26-19-6-5-17(11-18(19)14-24)12-23-10-8-21(15-25)7-4-9-22(3)20(21)13-23/h5-6,11,16,20,24-25H,4,7-10,12-15H2,1-3H3/t20-,21-/m1/s1. The van der Waals surface area contributed by atoms with E-state index in [-0.39, 0.29) is 18.1 Å². The lowest BCUT2D eigenvalue weighted by atomic mass is 9.69. The molecule has 2 N–H and O–H groups in total. The number of nitrogens with zero attached hydrogens (tertiary/aromatic N) is 2. The highest BCUT2D eigenvalue weighted by atomic mass is 16.5. The summed E-state index contributed by atoms with van der Waals surface area (Å²) in [6.45, 7) is 8.30. The Morgan fingerprint density at radius 2 is 2.04 bits per heavy atom. The normalized spacial score (nSPS) is 27.5. The van der Waals surface area contributed by atoms with Gasteiger partial charge in [0, 0.05) is 30.1 Å². The maximum absolute atomic E-state index is 10.1. The van der Waals surface area contributed by atoms with Gasteiger partial charge < -0.3 is 19.8 Å². The van der Waals surface area contributed by atoms with Crippen LogP contribution in [-0.4, -0.2) is 65.4 Å². The van der Waals surface area contributed by atoms with Crippen molar-refractivity contribution in [3.05, 3.63) is 29.3 Å². The smallest absolute Gasteiger partial charge is 0.125 e. The molecule has 26 heavy (non-hydrogen) atoms. The Hall–Kier alpha value is -1.14. The summed E-state index contributed by atoms with van der Waals surface area (Å²) in [6.07, 6.45) is 3.48. The first-order chi connectivity index (χ1) is 12.5. The van der Waals surface area contributed by atoms with Crippen LogP contribution in [0.15, 0.2) is 18.2 Å². The Morgan fingerprint density at radius 3 is 2.73 bits per heavy atom. The molecule has 0 bridgehead atoms. The SMILES string of the molecule is CC(C)Oc1ccc(CN2CC[C@@]3(CO)CCCN(C)[C@@H]3C2)cc1CO. The number of likely N-dealkylation sites (N-methyl/N-ethyl adjacent to an activating group) is 1. The fourth-order valence-electron chi connectivity index (χ4n) is 4.70. The van der Waals surface area contributed by atoms with Gasteiger partial charge in [0.2, 0.25) is 0 Å². The van der Waals surface area contributed by atoms with Gasteiger partial charge in [-0.15, -0.1) is 0 Å². The van der Waals surface area contributed by atoms with Gasteiger partial charge in [-0.25, -0.2) is 0 Å². The molecule has 1 aromatic carbocycles. The Morgan fingerprint density at radius 1 is 1.23 bits per heavy atom. The van der Waals surface area contributed by atoms with Gasteiger partial charge in [0.05, 0.1) is 19.3 Å². The predicted molar refractivity (Wildman–Crippen MR) is 103 cm³/mol. The molecule has 2 atom stereocenters. The van der Waals surface area contributed by atoms with E-state index in [9.17, 15) is 10.2 Å². The van der Waals surface area contributed by atoms with Crippen LogP contribution >= 0.6 is 0 Å². The van der Waals surface area contributed by atoms with Crippen molar-refractivity contribution >= 4 is 0 Å². The molecule has 0 saturated carbocycles. The summed E-state index contributed by atoms with van der Waals surface area (Å²) in [6, 6.07) is 6.58. The monoisotopic (exact) mass is 362 g/mol. The van der Waals surface area contributed by atoms with Gasteiger partial charge >= 0.3 is 0 Å². The highest BCUT2D eigenvalue weighted by Crippen LogP contribution is 2.41. The number of rotatable bonds is 6. The van der Waals surface area contributed by atoms with E-state index in [1.807, 2.05) is 19.9 Å². The molecule has 0 amide bonds. The number of piperidine rings is 2. The molecule has 2 saturated heterocycles. The van der Waals surface area contributed by atoms with Crippen molar-refractivity contribution in [3.8, 4) is 5.75 Å². The molecular weight excluding hydrogens is 328 g/mol. The molecule has 0 aromatic heterocycles. The van der Waals surface area contributed by atoms with Crippen molar-refractivity contribution in [2.45, 2.75) is 58.4 Å². The van der Waals surface area contributed by atoms with Crippen LogP contribution in [0.5, 0.6) is 5.75 Å². The summed E-state index contributed by atoms with van der Waals surface area (Å²) in [5, 5.41) is 19.7. The molecule has 0 spiro atoms. The number of aliphatic hydroxyl groups excluding tert-OH is 2. The third-order valence-corrected chi connectivity index (χ3v) is 6.16. The van der Waals surface area contributed by atoms with E-state index in [4.69, 9.17) is 4.74 Å². The van der Waals surface area contributed by atoms with Gasteiger partial charge in [0.15, 0.2) is 0 Å². The Labute approximate surface area is 157 Å². The zero-order chi connectivity index (χ0) is 18.7. The lowest BCUT2D eigenvalue weighted by molar-refractivity contribution is -0.0684. The first-order valence-electron chi connectivity index (χ1n) is 9.90. The van der Waals surface area contributed by atoms with E-state index >= 15 is 0 Å². The second-order valence-corrected chi connectivity index (χ2v) is 8.37. The van der Waals surface area contributed by atoms with Crippen molar-refractivity contribution in [1.82, 2.24) is 9.80 Å². The first-order valence-corrected chi connectivity index (χ1v) is 9.90. The van der Waals surface area contributed by atoms with Crippen molar-refractivity contribution in [3.63, 3.8) is 0 Å². The topological polar surface area (TPSA) is 56.2 Å². The van der Waals surface area contributed by atoms with Gasteiger partial charge in [-0.05, 0) is 70.9 Å². The summed E-state index contributed by atoms with van der Waals surface area (Å²) in [4.78, 5) is 4.92. The predicted octanol–water partition coefficient (Wildman–Crippen LogP) is 2.24. The van der Waals surface area contributed by atoms with Crippen molar-refractivity contribution in [2.24, 2.45) is 5.41 Å². The fraction of sp³-hybridized carbons (Fsp3) is 0.714. The minimum atomic E-state index is -0.00508. The van der Waals surface area contributed by atoms with E-state index in [0.29, 0.717) is 12.6 Å². The van der Waals surface area contributed by atoms with Gasteiger partial charge in [-0.1, -0.05) is 6.07 Å². The van der Waals surface area contributed by atoms with Crippen LogP contribution in [0.25, 0.3) is 0 Å². The number of benzene rings is 1. The van der Waals surface area contributed by atoms with Crippen LogP contribution in [0, 0.1) is 5.41 Å². The Kier molecular flexibility index (Phi) is 6.23. The van der Waals surface area contributed by atoms with Gasteiger partial charge in [0.1, 0.15) is 5.75 Å². The second kappa shape index (κ2) is 8.26.